The second kappa shape index (κ2) is 8.40. The lowest BCUT2D eigenvalue weighted by Gasteiger charge is -2.32. The number of fused-ring (bicyclic) bond motifs is 1. The van der Waals surface area contributed by atoms with Crippen LogP contribution < -0.4 is 4.90 Å². The molecule has 9 heteroatoms. The van der Waals surface area contributed by atoms with Crippen molar-refractivity contribution in [1.29, 1.82) is 0 Å². The number of likely N-dealkylation sites (tertiary alicyclic amines) is 1. The van der Waals surface area contributed by atoms with Crippen LogP contribution in [0.1, 0.15) is 31.0 Å². The SMILES string of the molecule is CN(C)c1ccc2nnc(C3CCN(CCN4CCCOCC4=O)CC3)n2n1. The van der Waals surface area contributed by atoms with Gasteiger partial charge in [0.2, 0.25) is 5.91 Å². The molecule has 0 N–H and O–H groups in total. The molecule has 4 heterocycles. The van der Waals surface area contributed by atoms with Gasteiger partial charge in [0.05, 0.1) is 0 Å². The fraction of sp³-hybridized carbons (Fsp3) is 0.684. The molecule has 2 fully saturated rings. The zero-order valence-electron chi connectivity index (χ0n) is 16.8. The number of hydrogen-bond donors (Lipinski definition) is 0. The molecule has 2 aliphatic rings. The largest absolute Gasteiger partial charge is 0.372 e. The number of rotatable bonds is 5. The maximum absolute atomic E-state index is 12.0. The molecule has 0 radical (unpaired) electrons. The van der Waals surface area contributed by atoms with E-state index in [1.807, 2.05) is 40.5 Å². The first-order chi connectivity index (χ1) is 13.6. The van der Waals surface area contributed by atoms with Gasteiger partial charge in [-0.3, -0.25) is 4.79 Å². The van der Waals surface area contributed by atoms with Crippen molar-refractivity contribution in [3.05, 3.63) is 18.0 Å². The van der Waals surface area contributed by atoms with Gasteiger partial charge in [0.25, 0.3) is 0 Å². The van der Waals surface area contributed by atoms with Gasteiger partial charge in [-0.2, -0.15) is 4.52 Å². The number of carbonyl (C=O) groups excluding carboxylic acids is 1. The molecule has 2 aromatic heterocycles. The van der Waals surface area contributed by atoms with Crippen LogP contribution in [-0.4, -0.2) is 95.6 Å². The first-order valence-corrected chi connectivity index (χ1v) is 10.1. The minimum atomic E-state index is 0.116. The van der Waals surface area contributed by atoms with E-state index in [0.29, 0.717) is 12.5 Å². The van der Waals surface area contributed by atoms with Gasteiger partial charge in [-0.15, -0.1) is 15.3 Å². The summed E-state index contributed by atoms with van der Waals surface area (Å²) in [6, 6.07) is 3.93. The quantitative estimate of drug-likeness (QED) is 0.744. The van der Waals surface area contributed by atoms with Crippen LogP contribution in [0.15, 0.2) is 12.1 Å². The number of hydrogen-bond acceptors (Lipinski definition) is 7. The Bertz CT molecular complexity index is 814. The van der Waals surface area contributed by atoms with Crippen LogP contribution in [0, 0.1) is 0 Å². The van der Waals surface area contributed by atoms with Crippen LogP contribution in [0.25, 0.3) is 5.65 Å². The Morgan fingerprint density at radius 3 is 2.75 bits per heavy atom. The number of nitrogens with zero attached hydrogens (tertiary/aromatic N) is 7. The van der Waals surface area contributed by atoms with Gasteiger partial charge in [-0.1, -0.05) is 0 Å². The summed E-state index contributed by atoms with van der Waals surface area (Å²) in [7, 11) is 3.97. The maximum atomic E-state index is 12.0. The van der Waals surface area contributed by atoms with Crippen molar-refractivity contribution in [2.75, 3.05) is 64.9 Å². The van der Waals surface area contributed by atoms with E-state index in [0.717, 1.165) is 69.3 Å². The molecule has 2 saturated heterocycles. The molecule has 1 amide bonds. The van der Waals surface area contributed by atoms with Gasteiger partial charge in [-0.05, 0) is 44.5 Å². The number of amides is 1. The average molecular weight is 387 g/mol. The highest BCUT2D eigenvalue weighted by atomic mass is 16.5. The van der Waals surface area contributed by atoms with Gasteiger partial charge in [0.1, 0.15) is 12.4 Å². The molecule has 28 heavy (non-hydrogen) atoms. The fourth-order valence-electron chi connectivity index (χ4n) is 3.94. The summed E-state index contributed by atoms with van der Waals surface area (Å²) in [5, 5.41) is 13.4. The Hall–Kier alpha value is -2.26. The Morgan fingerprint density at radius 2 is 1.96 bits per heavy atom. The summed E-state index contributed by atoms with van der Waals surface area (Å²) in [4.78, 5) is 18.4. The van der Waals surface area contributed by atoms with Crippen LogP contribution in [0.2, 0.25) is 0 Å². The molecule has 0 spiro atoms. The molecule has 2 aliphatic heterocycles. The standard InChI is InChI=1S/C19H29N7O2/c1-23(2)17-5-4-16-20-21-19(26(16)22-17)15-6-9-24(10-7-15)11-12-25-8-3-13-28-14-18(25)27/h4-5,15H,3,6-14H2,1-2H3. The summed E-state index contributed by atoms with van der Waals surface area (Å²) in [5.74, 6) is 2.34. The third kappa shape index (κ3) is 4.10. The van der Waals surface area contributed by atoms with E-state index < -0.39 is 0 Å². The van der Waals surface area contributed by atoms with Gasteiger partial charge >= 0.3 is 0 Å². The molecule has 4 rings (SSSR count). The molecule has 152 valence electrons. The van der Waals surface area contributed by atoms with E-state index in [4.69, 9.17) is 9.84 Å². The van der Waals surface area contributed by atoms with E-state index in [9.17, 15) is 4.79 Å². The first kappa shape index (κ1) is 19.1. The number of piperidine rings is 1. The molecular weight excluding hydrogens is 358 g/mol. The smallest absolute Gasteiger partial charge is 0.248 e. The monoisotopic (exact) mass is 387 g/mol. The Balaban J connectivity index is 1.34. The molecule has 0 unspecified atom stereocenters. The zero-order valence-corrected chi connectivity index (χ0v) is 16.8. The normalized spacial score (nSPS) is 19.9. The zero-order chi connectivity index (χ0) is 19.5. The molecule has 2 aromatic rings. The molecule has 0 bridgehead atoms. The van der Waals surface area contributed by atoms with Gasteiger partial charge in [-0.25, -0.2) is 0 Å². The van der Waals surface area contributed by atoms with Crippen LogP contribution in [-0.2, 0) is 9.53 Å². The van der Waals surface area contributed by atoms with Crippen LogP contribution in [0.4, 0.5) is 5.82 Å². The van der Waals surface area contributed by atoms with Crippen LogP contribution in [0.3, 0.4) is 0 Å². The molecule has 0 aliphatic carbocycles. The lowest BCUT2D eigenvalue weighted by molar-refractivity contribution is -0.134. The highest BCUT2D eigenvalue weighted by Crippen LogP contribution is 2.27. The number of carbonyl (C=O) groups is 1. The van der Waals surface area contributed by atoms with E-state index >= 15 is 0 Å². The lowest BCUT2D eigenvalue weighted by Crippen LogP contribution is -2.42. The molecule has 0 atom stereocenters. The van der Waals surface area contributed by atoms with Crippen molar-refractivity contribution in [3.8, 4) is 0 Å². The third-order valence-electron chi connectivity index (χ3n) is 5.66. The van der Waals surface area contributed by atoms with Crippen molar-refractivity contribution in [1.82, 2.24) is 29.6 Å². The Morgan fingerprint density at radius 1 is 1.14 bits per heavy atom. The summed E-state index contributed by atoms with van der Waals surface area (Å²) in [5.41, 5.74) is 0.796. The van der Waals surface area contributed by atoms with E-state index in [1.165, 1.54) is 0 Å². The molecule has 0 aromatic carbocycles. The molecule has 0 saturated carbocycles. The summed E-state index contributed by atoms with van der Waals surface area (Å²) < 4.78 is 7.21. The van der Waals surface area contributed by atoms with Crippen molar-refractivity contribution in [2.45, 2.75) is 25.2 Å². The summed E-state index contributed by atoms with van der Waals surface area (Å²) in [6.07, 6.45) is 2.99. The van der Waals surface area contributed by atoms with Crippen molar-refractivity contribution >= 4 is 17.4 Å². The minimum absolute atomic E-state index is 0.116. The van der Waals surface area contributed by atoms with Crippen molar-refractivity contribution in [3.63, 3.8) is 0 Å². The average Bonchev–Trinajstić information content (AvgIpc) is 3.02. The molecule has 9 nitrogen and oxygen atoms in total. The van der Waals surface area contributed by atoms with E-state index in [1.54, 1.807) is 0 Å². The van der Waals surface area contributed by atoms with Crippen molar-refractivity contribution in [2.24, 2.45) is 0 Å². The Labute approximate surface area is 165 Å². The topological polar surface area (TPSA) is 79.1 Å². The van der Waals surface area contributed by atoms with Crippen LogP contribution in [0.5, 0.6) is 0 Å². The third-order valence-corrected chi connectivity index (χ3v) is 5.66. The highest BCUT2D eigenvalue weighted by Gasteiger charge is 2.26. The second-order valence-electron chi connectivity index (χ2n) is 7.82. The fourth-order valence-corrected chi connectivity index (χ4v) is 3.94. The van der Waals surface area contributed by atoms with Gasteiger partial charge in [0, 0.05) is 46.3 Å². The highest BCUT2D eigenvalue weighted by molar-refractivity contribution is 5.77. The van der Waals surface area contributed by atoms with Crippen molar-refractivity contribution < 1.29 is 9.53 Å². The summed E-state index contributed by atoms with van der Waals surface area (Å²) >= 11 is 0. The summed E-state index contributed by atoms with van der Waals surface area (Å²) in [6.45, 7) is 5.43. The van der Waals surface area contributed by atoms with E-state index in [2.05, 4.69) is 15.1 Å². The number of aromatic nitrogens is 4. The first-order valence-electron chi connectivity index (χ1n) is 10.1. The number of ether oxygens (including phenoxy) is 1. The number of anilines is 1. The second-order valence-corrected chi connectivity index (χ2v) is 7.82. The van der Waals surface area contributed by atoms with E-state index in [-0.39, 0.29) is 12.5 Å². The van der Waals surface area contributed by atoms with Gasteiger partial charge in [0.15, 0.2) is 11.5 Å². The molecular formula is C19H29N7O2. The van der Waals surface area contributed by atoms with Gasteiger partial charge < -0.3 is 19.4 Å². The Kier molecular flexibility index (Phi) is 5.72. The lowest BCUT2D eigenvalue weighted by atomic mass is 9.96. The predicted octanol–water partition coefficient (Wildman–Crippen LogP) is 0.619. The minimum Gasteiger partial charge on any atom is -0.372 e. The predicted molar refractivity (Wildman–Crippen MR) is 106 cm³/mol. The maximum Gasteiger partial charge on any atom is 0.248 e. The van der Waals surface area contributed by atoms with Crippen LogP contribution >= 0.6 is 0 Å².